The minimum Gasteiger partial charge on any atom is -0.493 e. The molecule has 206 valence electrons. The molecule has 40 heavy (non-hydrogen) atoms. The van der Waals surface area contributed by atoms with E-state index in [1.807, 2.05) is 30.3 Å². The molecule has 4 aromatic carbocycles. The van der Waals surface area contributed by atoms with Gasteiger partial charge in [0.1, 0.15) is 11.5 Å². The van der Waals surface area contributed by atoms with E-state index in [1.54, 1.807) is 24.3 Å². The fourth-order valence-electron chi connectivity index (χ4n) is 3.41. The van der Waals surface area contributed by atoms with Crippen molar-refractivity contribution >= 4 is 65.7 Å². The van der Waals surface area contributed by atoms with Gasteiger partial charge in [-0.2, -0.15) is 13.5 Å². The van der Waals surface area contributed by atoms with Crippen molar-refractivity contribution in [3.8, 4) is 17.2 Å². The van der Waals surface area contributed by atoms with E-state index in [2.05, 4.69) is 42.4 Å². The zero-order chi connectivity index (χ0) is 28.7. The number of amides is 1. The number of nitrogens with zero attached hydrogens (tertiary/aromatic N) is 1. The first-order valence-corrected chi connectivity index (χ1v) is 14.9. The van der Waals surface area contributed by atoms with Crippen molar-refractivity contribution in [3.05, 3.63) is 116 Å². The molecule has 1 amide bonds. The Morgan fingerprint density at radius 3 is 2.40 bits per heavy atom. The van der Waals surface area contributed by atoms with E-state index in [1.165, 1.54) is 43.7 Å². The summed E-state index contributed by atoms with van der Waals surface area (Å²) in [6.07, 6.45) is 1.27. The van der Waals surface area contributed by atoms with E-state index in [0.29, 0.717) is 32.1 Å². The third kappa shape index (κ3) is 7.63. The fraction of sp³-hybridized carbons (Fsp3) is 0.0714. The monoisotopic (exact) mass is 706 g/mol. The Morgan fingerprint density at radius 1 is 0.975 bits per heavy atom. The highest BCUT2D eigenvalue weighted by Crippen LogP contribution is 2.34. The summed E-state index contributed by atoms with van der Waals surface area (Å²) in [4.78, 5) is 12.7. The van der Waals surface area contributed by atoms with E-state index < -0.39 is 16.0 Å². The number of hydrogen-bond donors (Lipinski definition) is 1. The Balaban J connectivity index is 1.49. The minimum atomic E-state index is -4.19. The van der Waals surface area contributed by atoms with Crippen LogP contribution in [0, 0.1) is 0 Å². The number of hydrazone groups is 1. The van der Waals surface area contributed by atoms with Crippen LogP contribution in [0.2, 0.25) is 5.02 Å². The summed E-state index contributed by atoms with van der Waals surface area (Å²) in [5.41, 5.74) is 3.97. The van der Waals surface area contributed by atoms with Gasteiger partial charge in [0.15, 0.2) is 17.2 Å². The van der Waals surface area contributed by atoms with Crippen LogP contribution in [0.4, 0.5) is 0 Å². The Hall–Kier alpha value is -3.38. The van der Waals surface area contributed by atoms with Crippen molar-refractivity contribution in [1.82, 2.24) is 5.43 Å². The molecule has 0 aliphatic carbocycles. The smallest absolute Gasteiger partial charge is 0.339 e. The van der Waals surface area contributed by atoms with E-state index in [9.17, 15) is 13.2 Å². The number of ether oxygens (including phenoxy) is 2. The lowest BCUT2D eigenvalue weighted by Crippen LogP contribution is -2.18. The summed E-state index contributed by atoms with van der Waals surface area (Å²) in [6, 6.07) is 23.2. The van der Waals surface area contributed by atoms with E-state index >= 15 is 0 Å². The maximum atomic E-state index is 12.9. The molecule has 0 saturated carbocycles. The molecule has 0 aliphatic heterocycles. The second-order valence-electron chi connectivity index (χ2n) is 8.14. The van der Waals surface area contributed by atoms with E-state index in [-0.39, 0.29) is 21.8 Å². The zero-order valence-electron chi connectivity index (χ0n) is 20.8. The lowest BCUT2D eigenvalue weighted by Gasteiger charge is -2.12. The van der Waals surface area contributed by atoms with Crippen LogP contribution in [0.1, 0.15) is 21.5 Å². The molecule has 0 fully saturated rings. The number of methoxy groups -OCH3 is 1. The third-order valence-corrected chi connectivity index (χ3v) is 7.90. The Morgan fingerprint density at radius 2 is 1.70 bits per heavy atom. The van der Waals surface area contributed by atoms with Crippen LogP contribution in [0.3, 0.4) is 0 Å². The lowest BCUT2D eigenvalue weighted by molar-refractivity contribution is 0.0954. The molecule has 4 rings (SSSR count). The van der Waals surface area contributed by atoms with E-state index in [4.69, 9.17) is 25.3 Å². The van der Waals surface area contributed by atoms with Crippen LogP contribution in [-0.4, -0.2) is 27.6 Å². The van der Waals surface area contributed by atoms with Crippen LogP contribution in [0.5, 0.6) is 17.2 Å². The van der Waals surface area contributed by atoms with Crippen molar-refractivity contribution in [1.29, 1.82) is 0 Å². The number of halogens is 3. The minimum absolute atomic E-state index is 0.0160. The van der Waals surface area contributed by atoms with Crippen LogP contribution < -0.4 is 19.1 Å². The molecule has 1 N–H and O–H groups in total. The maximum Gasteiger partial charge on any atom is 0.339 e. The van der Waals surface area contributed by atoms with Gasteiger partial charge in [0, 0.05) is 20.6 Å². The molecule has 0 unspecified atom stereocenters. The molecule has 0 heterocycles. The second-order valence-corrected chi connectivity index (χ2v) is 11.9. The van der Waals surface area contributed by atoms with Gasteiger partial charge in [0.05, 0.1) is 17.8 Å². The van der Waals surface area contributed by atoms with Gasteiger partial charge >= 0.3 is 10.1 Å². The van der Waals surface area contributed by atoms with Gasteiger partial charge in [-0.25, -0.2) is 5.43 Å². The molecular formula is C28H21Br2ClN2O6S. The van der Waals surface area contributed by atoms with E-state index in [0.717, 1.165) is 5.56 Å². The summed E-state index contributed by atoms with van der Waals surface area (Å²) in [5.74, 6) is 0.327. The quantitative estimate of drug-likeness (QED) is 0.108. The first kappa shape index (κ1) is 29.6. The molecule has 0 aromatic heterocycles. The molecule has 12 heteroatoms. The van der Waals surface area contributed by atoms with Gasteiger partial charge in [-0.05, 0) is 76.1 Å². The molecule has 4 aromatic rings. The van der Waals surface area contributed by atoms with Crippen molar-refractivity contribution < 1.29 is 26.9 Å². The predicted molar refractivity (Wildman–Crippen MR) is 160 cm³/mol. The van der Waals surface area contributed by atoms with Crippen LogP contribution in [0.25, 0.3) is 0 Å². The van der Waals surface area contributed by atoms with Gasteiger partial charge in [-0.15, -0.1) is 0 Å². The molecule has 0 bridgehead atoms. The average Bonchev–Trinajstić information content (AvgIpc) is 2.94. The second kappa shape index (κ2) is 13.3. The summed E-state index contributed by atoms with van der Waals surface area (Å²) in [5, 5.41) is 4.39. The van der Waals surface area contributed by atoms with Gasteiger partial charge < -0.3 is 13.7 Å². The summed E-state index contributed by atoms with van der Waals surface area (Å²) >= 11 is 12.6. The number of nitrogens with one attached hydrogen (secondary N) is 1. The molecular weight excluding hydrogens is 688 g/mol. The molecule has 0 aliphatic rings. The lowest BCUT2D eigenvalue weighted by atomic mass is 10.2. The Labute approximate surface area is 253 Å². The zero-order valence-corrected chi connectivity index (χ0v) is 25.6. The third-order valence-electron chi connectivity index (χ3n) is 5.37. The molecule has 0 saturated heterocycles. The summed E-state index contributed by atoms with van der Waals surface area (Å²) in [6.45, 7) is 0.341. The number of rotatable bonds is 10. The maximum absolute atomic E-state index is 12.9. The number of carbonyl (C=O) groups is 1. The number of benzene rings is 4. The molecule has 0 spiro atoms. The number of carbonyl (C=O) groups excluding carboxylic acids is 1. The highest BCUT2D eigenvalue weighted by Gasteiger charge is 2.21. The number of hydrogen-bond acceptors (Lipinski definition) is 7. The highest BCUT2D eigenvalue weighted by atomic mass is 79.9. The summed E-state index contributed by atoms with van der Waals surface area (Å²) < 4.78 is 43.3. The SMILES string of the molecule is COc1cc(C(=O)N/N=C/c2cc(Br)cc(Br)c2OS(=O)(=O)c2ccc(Cl)cc2)ccc1OCc1ccccc1. The molecule has 8 nitrogen and oxygen atoms in total. The highest BCUT2D eigenvalue weighted by molar-refractivity contribution is 9.11. The topological polar surface area (TPSA) is 103 Å². The summed E-state index contributed by atoms with van der Waals surface area (Å²) in [7, 11) is -2.70. The van der Waals surface area contributed by atoms with Crippen molar-refractivity contribution in [2.75, 3.05) is 7.11 Å². The molecule has 0 radical (unpaired) electrons. The molecule has 0 atom stereocenters. The first-order chi connectivity index (χ1) is 19.2. The van der Waals surface area contributed by atoms with Crippen LogP contribution in [-0.2, 0) is 16.7 Å². The van der Waals surface area contributed by atoms with Crippen LogP contribution >= 0.6 is 43.5 Å². The normalized spacial score (nSPS) is 11.3. The average molecular weight is 709 g/mol. The van der Waals surface area contributed by atoms with Crippen molar-refractivity contribution in [3.63, 3.8) is 0 Å². The van der Waals surface area contributed by atoms with Crippen molar-refractivity contribution in [2.45, 2.75) is 11.5 Å². The predicted octanol–water partition coefficient (Wildman–Crippen LogP) is 6.98. The Bertz CT molecular complexity index is 1650. The fourth-order valence-corrected chi connectivity index (χ4v) is 5.95. The van der Waals surface area contributed by atoms with Crippen LogP contribution in [0.15, 0.2) is 104 Å². The van der Waals surface area contributed by atoms with Gasteiger partial charge in [-0.3, -0.25) is 4.79 Å². The largest absolute Gasteiger partial charge is 0.493 e. The van der Waals surface area contributed by atoms with Gasteiger partial charge in [0.2, 0.25) is 0 Å². The van der Waals surface area contributed by atoms with Gasteiger partial charge in [0.25, 0.3) is 5.91 Å². The Kier molecular flexibility index (Phi) is 9.85. The van der Waals surface area contributed by atoms with Gasteiger partial charge in [-0.1, -0.05) is 57.9 Å². The first-order valence-electron chi connectivity index (χ1n) is 11.5. The standard InChI is InChI=1S/C28H21Br2ClN2O6S/c1-37-26-14-19(7-12-25(26)38-17-18-5-3-2-4-6-18)28(34)33-32-16-20-13-21(29)15-24(30)27(20)39-40(35,36)23-10-8-22(31)9-11-23/h2-16H,17H2,1H3,(H,33,34)/b32-16+. The van der Waals surface area contributed by atoms with Crippen molar-refractivity contribution in [2.24, 2.45) is 5.10 Å².